The Kier molecular flexibility index (Phi) is 7.94. The summed E-state index contributed by atoms with van der Waals surface area (Å²) in [5.41, 5.74) is 10.7. The minimum Gasteiger partial charge on any atom is -0.493 e. The molecule has 0 spiro atoms. The zero-order valence-corrected chi connectivity index (χ0v) is 18.4. The van der Waals surface area contributed by atoms with Crippen molar-refractivity contribution in [3.8, 4) is 17.0 Å². The minimum atomic E-state index is 0.641. The van der Waals surface area contributed by atoms with Crippen molar-refractivity contribution in [3.05, 3.63) is 59.5 Å². The van der Waals surface area contributed by atoms with Crippen molar-refractivity contribution in [3.63, 3.8) is 0 Å². The molecule has 0 aliphatic heterocycles. The molecule has 1 heterocycles. The fraction of sp³-hybridized carbons (Fsp3) is 0.375. The third-order valence-corrected chi connectivity index (χ3v) is 5.89. The van der Waals surface area contributed by atoms with Crippen LogP contribution in [-0.2, 0) is 0 Å². The predicted octanol–water partition coefficient (Wildman–Crippen LogP) is 7.15. The standard InChI is InChI=1S/C24H31N3OS/c1-4-6-10-19(5-2)16-28-21-14-12-20(13-15-21)23-17-29-24(25-23)27-26-22-11-8-7-9-18(22)3/h7-9,11-15,17,19,26H,4-6,10,16H2,1-3H3,(H,25,27). The SMILES string of the molecule is CCCCC(CC)COc1ccc(-c2csc(NNc3ccccc3C)n2)cc1. The molecule has 2 aromatic carbocycles. The molecule has 29 heavy (non-hydrogen) atoms. The summed E-state index contributed by atoms with van der Waals surface area (Å²) in [6.07, 6.45) is 4.94. The highest BCUT2D eigenvalue weighted by molar-refractivity contribution is 7.14. The summed E-state index contributed by atoms with van der Waals surface area (Å²) in [5, 5.41) is 2.90. The molecule has 154 valence electrons. The highest BCUT2D eigenvalue weighted by Gasteiger charge is 2.08. The molecule has 0 saturated carbocycles. The number of thiazole rings is 1. The van der Waals surface area contributed by atoms with Crippen LogP contribution in [0.25, 0.3) is 11.3 Å². The molecule has 1 unspecified atom stereocenters. The number of para-hydroxylation sites is 1. The fourth-order valence-electron chi connectivity index (χ4n) is 3.13. The number of anilines is 2. The zero-order valence-electron chi connectivity index (χ0n) is 17.6. The highest BCUT2D eigenvalue weighted by atomic mass is 32.1. The molecule has 4 nitrogen and oxygen atoms in total. The molecule has 3 aromatic rings. The Hall–Kier alpha value is -2.53. The van der Waals surface area contributed by atoms with Gasteiger partial charge in [0.25, 0.3) is 0 Å². The van der Waals surface area contributed by atoms with Gasteiger partial charge in [-0.25, -0.2) is 4.98 Å². The Labute approximate surface area is 178 Å². The van der Waals surface area contributed by atoms with E-state index in [9.17, 15) is 0 Å². The van der Waals surface area contributed by atoms with E-state index < -0.39 is 0 Å². The maximum absolute atomic E-state index is 6.01. The van der Waals surface area contributed by atoms with Gasteiger partial charge in [-0.15, -0.1) is 11.3 Å². The number of hydrazine groups is 1. The number of benzene rings is 2. The summed E-state index contributed by atoms with van der Waals surface area (Å²) in [5.74, 6) is 1.57. The Morgan fingerprint density at radius 3 is 2.55 bits per heavy atom. The molecule has 1 aromatic heterocycles. The zero-order chi connectivity index (χ0) is 20.5. The van der Waals surface area contributed by atoms with Crippen LogP contribution in [0.15, 0.2) is 53.9 Å². The topological polar surface area (TPSA) is 46.2 Å². The molecule has 0 aliphatic carbocycles. The smallest absolute Gasteiger partial charge is 0.202 e. The Balaban J connectivity index is 1.54. The van der Waals surface area contributed by atoms with Gasteiger partial charge in [0.15, 0.2) is 0 Å². The lowest BCUT2D eigenvalue weighted by Crippen LogP contribution is -2.11. The number of nitrogens with zero attached hydrogens (tertiary/aromatic N) is 1. The quantitative estimate of drug-likeness (QED) is 0.330. The minimum absolute atomic E-state index is 0.641. The molecule has 3 rings (SSSR count). The number of nitrogens with one attached hydrogen (secondary N) is 2. The first-order valence-electron chi connectivity index (χ1n) is 10.5. The monoisotopic (exact) mass is 409 g/mol. The van der Waals surface area contributed by atoms with Crippen molar-refractivity contribution in [1.82, 2.24) is 4.98 Å². The van der Waals surface area contributed by atoms with Crippen LogP contribution in [0.3, 0.4) is 0 Å². The lowest BCUT2D eigenvalue weighted by Gasteiger charge is -2.15. The second-order valence-electron chi connectivity index (χ2n) is 7.35. The lowest BCUT2D eigenvalue weighted by atomic mass is 10.0. The predicted molar refractivity (Wildman–Crippen MR) is 125 cm³/mol. The molecule has 0 bridgehead atoms. The molecule has 5 heteroatoms. The van der Waals surface area contributed by atoms with Crippen LogP contribution in [0.4, 0.5) is 10.8 Å². The first-order valence-corrected chi connectivity index (χ1v) is 11.3. The third-order valence-electron chi connectivity index (χ3n) is 5.13. The summed E-state index contributed by atoms with van der Waals surface area (Å²) in [6.45, 7) is 7.36. The molecular weight excluding hydrogens is 378 g/mol. The number of unbranched alkanes of at least 4 members (excludes halogenated alkanes) is 1. The van der Waals surface area contributed by atoms with E-state index in [2.05, 4.69) is 60.2 Å². The van der Waals surface area contributed by atoms with Crippen molar-refractivity contribution in [1.29, 1.82) is 0 Å². The van der Waals surface area contributed by atoms with E-state index >= 15 is 0 Å². The molecule has 0 saturated heterocycles. The van der Waals surface area contributed by atoms with Gasteiger partial charge in [0.1, 0.15) is 5.75 Å². The highest BCUT2D eigenvalue weighted by Crippen LogP contribution is 2.27. The molecule has 0 fully saturated rings. The van der Waals surface area contributed by atoms with Crippen LogP contribution in [0, 0.1) is 12.8 Å². The molecule has 2 N–H and O–H groups in total. The van der Waals surface area contributed by atoms with Crippen molar-refractivity contribution in [2.75, 3.05) is 17.5 Å². The van der Waals surface area contributed by atoms with E-state index in [1.165, 1.54) is 31.2 Å². The van der Waals surface area contributed by atoms with Crippen LogP contribution in [0.1, 0.15) is 45.1 Å². The Morgan fingerprint density at radius 1 is 1.03 bits per heavy atom. The molecule has 0 amide bonds. The van der Waals surface area contributed by atoms with Crippen LogP contribution in [-0.4, -0.2) is 11.6 Å². The summed E-state index contributed by atoms with van der Waals surface area (Å²) in [6, 6.07) is 16.4. The van der Waals surface area contributed by atoms with Crippen molar-refractivity contribution in [2.45, 2.75) is 46.5 Å². The van der Waals surface area contributed by atoms with Gasteiger partial charge in [-0.1, -0.05) is 51.3 Å². The van der Waals surface area contributed by atoms with E-state index in [0.717, 1.165) is 34.4 Å². The van der Waals surface area contributed by atoms with Gasteiger partial charge < -0.3 is 4.74 Å². The molecule has 1 atom stereocenters. The summed E-state index contributed by atoms with van der Waals surface area (Å²) in [4.78, 5) is 4.68. The van der Waals surface area contributed by atoms with E-state index in [1.54, 1.807) is 11.3 Å². The van der Waals surface area contributed by atoms with Crippen LogP contribution in [0.5, 0.6) is 5.75 Å². The maximum atomic E-state index is 6.01. The lowest BCUT2D eigenvalue weighted by molar-refractivity contribution is 0.233. The van der Waals surface area contributed by atoms with E-state index in [-0.39, 0.29) is 0 Å². The second kappa shape index (κ2) is 10.9. The normalized spacial score (nSPS) is 11.8. The van der Waals surface area contributed by atoms with E-state index in [4.69, 9.17) is 4.74 Å². The summed E-state index contributed by atoms with van der Waals surface area (Å²) in [7, 11) is 0. The van der Waals surface area contributed by atoms with Gasteiger partial charge in [0, 0.05) is 10.9 Å². The number of aromatic nitrogens is 1. The molecular formula is C24H31N3OS. The number of rotatable bonds is 11. The van der Waals surface area contributed by atoms with Crippen molar-refractivity contribution < 1.29 is 4.74 Å². The fourth-order valence-corrected chi connectivity index (χ4v) is 3.80. The van der Waals surface area contributed by atoms with E-state index in [0.29, 0.717) is 5.92 Å². The average Bonchev–Trinajstić information content (AvgIpc) is 3.23. The number of hydrogen-bond donors (Lipinski definition) is 2. The Morgan fingerprint density at radius 2 is 1.83 bits per heavy atom. The average molecular weight is 410 g/mol. The van der Waals surface area contributed by atoms with Gasteiger partial charge >= 0.3 is 0 Å². The van der Waals surface area contributed by atoms with Crippen molar-refractivity contribution in [2.24, 2.45) is 5.92 Å². The second-order valence-corrected chi connectivity index (χ2v) is 8.21. The Bertz CT molecular complexity index is 876. The van der Waals surface area contributed by atoms with Crippen LogP contribution >= 0.6 is 11.3 Å². The first kappa shape index (κ1) is 21.2. The number of hydrogen-bond acceptors (Lipinski definition) is 5. The van der Waals surface area contributed by atoms with Crippen LogP contribution in [0.2, 0.25) is 0 Å². The van der Waals surface area contributed by atoms with Gasteiger partial charge in [-0.3, -0.25) is 10.9 Å². The first-order chi connectivity index (χ1) is 14.2. The summed E-state index contributed by atoms with van der Waals surface area (Å²) < 4.78 is 6.01. The summed E-state index contributed by atoms with van der Waals surface area (Å²) >= 11 is 1.58. The van der Waals surface area contributed by atoms with Gasteiger partial charge in [-0.05, 0) is 55.2 Å². The number of aryl methyl sites for hydroxylation is 1. The molecule has 0 aliphatic rings. The molecule has 0 radical (unpaired) electrons. The van der Waals surface area contributed by atoms with E-state index in [1.807, 2.05) is 30.3 Å². The van der Waals surface area contributed by atoms with Gasteiger partial charge in [-0.2, -0.15) is 0 Å². The third kappa shape index (κ3) is 6.23. The van der Waals surface area contributed by atoms with Crippen LogP contribution < -0.4 is 15.6 Å². The largest absolute Gasteiger partial charge is 0.493 e. The number of ether oxygens (including phenoxy) is 1. The van der Waals surface area contributed by atoms with Crippen molar-refractivity contribution >= 4 is 22.2 Å². The van der Waals surface area contributed by atoms with Gasteiger partial charge in [0.05, 0.1) is 18.0 Å². The van der Waals surface area contributed by atoms with Gasteiger partial charge in [0.2, 0.25) is 5.13 Å². The maximum Gasteiger partial charge on any atom is 0.202 e.